The molecule has 3 aromatic carbocycles. The number of nitro benzene ring substituents is 1. The molecule has 0 fully saturated rings. The van der Waals surface area contributed by atoms with Crippen LogP contribution in [0.4, 0.5) is 17.1 Å². The fourth-order valence-electron chi connectivity index (χ4n) is 3.13. The maximum atomic E-state index is 12.4. The van der Waals surface area contributed by atoms with Gasteiger partial charge in [0.25, 0.3) is 5.69 Å². The molecule has 3 amide bonds. The SMILES string of the molecule is COc1cc(/C(C)=N/NC(=O)C(=O)Nc2ccc(NC(C)=O)cc2)ccc1OC(=O)c1ccc([N+](=O)[O-])cc1. The van der Waals surface area contributed by atoms with Gasteiger partial charge in [0.15, 0.2) is 11.5 Å². The van der Waals surface area contributed by atoms with Gasteiger partial charge in [-0.05, 0) is 61.5 Å². The van der Waals surface area contributed by atoms with Crippen molar-refractivity contribution in [3.63, 3.8) is 0 Å². The highest BCUT2D eigenvalue weighted by molar-refractivity contribution is 6.39. The summed E-state index contributed by atoms with van der Waals surface area (Å²) in [6, 6.07) is 15.6. The number of anilines is 2. The summed E-state index contributed by atoms with van der Waals surface area (Å²) in [6.07, 6.45) is 0. The van der Waals surface area contributed by atoms with Gasteiger partial charge in [-0.15, -0.1) is 0 Å². The first kappa shape index (κ1) is 28.0. The lowest BCUT2D eigenvalue weighted by Gasteiger charge is -2.11. The second-order valence-electron chi connectivity index (χ2n) is 7.91. The summed E-state index contributed by atoms with van der Waals surface area (Å²) >= 11 is 0. The topological polar surface area (TPSA) is 178 Å². The highest BCUT2D eigenvalue weighted by atomic mass is 16.6. The third-order valence-electron chi connectivity index (χ3n) is 5.09. The Labute approximate surface area is 222 Å². The number of non-ortho nitro benzene ring substituents is 1. The number of carbonyl (C=O) groups is 4. The van der Waals surface area contributed by atoms with Crippen LogP contribution < -0.4 is 25.5 Å². The van der Waals surface area contributed by atoms with Gasteiger partial charge < -0.3 is 20.1 Å². The predicted octanol–water partition coefficient (Wildman–Crippen LogP) is 3.26. The minimum atomic E-state index is -1.01. The zero-order valence-electron chi connectivity index (χ0n) is 21.0. The van der Waals surface area contributed by atoms with E-state index in [0.717, 1.165) is 0 Å². The molecule has 0 atom stereocenters. The van der Waals surface area contributed by atoms with Gasteiger partial charge in [0.05, 0.1) is 23.3 Å². The van der Waals surface area contributed by atoms with E-state index in [1.165, 1.54) is 62.6 Å². The molecular weight excluding hydrogens is 510 g/mol. The maximum absolute atomic E-state index is 12.4. The Morgan fingerprint density at radius 1 is 0.795 bits per heavy atom. The summed E-state index contributed by atoms with van der Waals surface area (Å²) in [7, 11) is 1.36. The largest absolute Gasteiger partial charge is 0.493 e. The number of methoxy groups -OCH3 is 1. The van der Waals surface area contributed by atoms with Crippen LogP contribution in [0.5, 0.6) is 11.5 Å². The molecule has 39 heavy (non-hydrogen) atoms. The summed E-state index contributed by atoms with van der Waals surface area (Å²) < 4.78 is 10.6. The van der Waals surface area contributed by atoms with Crippen LogP contribution in [0.1, 0.15) is 29.8 Å². The quantitative estimate of drug-likeness (QED) is 0.0986. The number of nitrogens with one attached hydrogen (secondary N) is 3. The average Bonchev–Trinajstić information content (AvgIpc) is 2.92. The minimum absolute atomic E-state index is 0.0883. The van der Waals surface area contributed by atoms with Crippen LogP contribution in [0.2, 0.25) is 0 Å². The van der Waals surface area contributed by atoms with Crippen molar-refractivity contribution in [2.75, 3.05) is 17.7 Å². The minimum Gasteiger partial charge on any atom is -0.493 e. The number of nitro groups is 1. The van der Waals surface area contributed by atoms with Gasteiger partial charge in [-0.25, -0.2) is 10.2 Å². The smallest absolute Gasteiger partial charge is 0.343 e. The highest BCUT2D eigenvalue weighted by Gasteiger charge is 2.16. The van der Waals surface area contributed by atoms with Gasteiger partial charge in [0.2, 0.25) is 5.91 Å². The summed E-state index contributed by atoms with van der Waals surface area (Å²) in [5.41, 5.74) is 3.80. The number of hydrogen-bond donors (Lipinski definition) is 3. The molecule has 0 spiro atoms. The number of ether oxygens (including phenoxy) is 2. The van der Waals surface area contributed by atoms with Crippen LogP contribution in [0.25, 0.3) is 0 Å². The van der Waals surface area contributed by atoms with E-state index in [-0.39, 0.29) is 28.7 Å². The van der Waals surface area contributed by atoms with Crippen molar-refractivity contribution in [1.82, 2.24) is 5.43 Å². The maximum Gasteiger partial charge on any atom is 0.343 e. The molecule has 13 nitrogen and oxygen atoms in total. The number of benzene rings is 3. The Balaban J connectivity index is 1.62. The molecule has 0 saturated carbocycles. The van der Waals surface area contributed by atoms with Crippen molar-refractivity contribution in [2.24, 2.45) is 5.10 Å². The standard InChI is InChI=1S/C26H23N5O8/c1-15(29-30-25(34)24(33)28-20-9-7-19(8-10-20)27-16(2)32)18-6-13-22(23(14-18)38-3)39-26(35)17-4-11-21(12-5-17)31(36)37/h4-14H,1-3H3,(H,27,32)(H,28,33)(H,30,34)/b29-15+. The van der Waals surface area contributed by atoms with E-state index in [0.29, 0.717) is 22.6 Å². The Kier molecular flexibility index (Phi) is 9.03. The molecule has 0 radical (unpaired) electrons. The van der Waals surface area contributed by atoms with E-state index in [2.05, 4.69) is 21.2 Å². The fourth-order valence-corrected chi connectivity index (χ4v) is 3.13. The Morgan fingerprint density at radius 3 is 1.95 bits per heavy atom. The van der Waals surface area contributed by atoms with E-state index in [1.807, 2.05) is 0 Å². The van der Waals surface area contributed by atoms with Crippen LogP contribution in [0.15, 0.2) is 71.8 Å². The molecule has 0 aromatic heterocycles. The molecule has 3 rings (SSSR count). The van der Waals surface area contributed by atoms with Crippen molar-refractivity contribution in [3.05, 3.63) is 88.0 Å². The normalized spacial score (nSPS) is 10.7. The van der Waals surface area contributed by atoms with E-state index in [1.54, 1.807) is 25.1 Å². The lowest BCUT2D eigenvalue weighted by atomic mass is 10.1. The molecule has 0 unspecified atom stereocenters. The summed E-state index contributed by atoms with van der Waals surface area (Å²) in [5, 5.41) is 19.7. The van der Waals surface area contributed by atoms with Crippen LogP contribution in [-0.4, -0.2) is 41.4 Å². The molecule has 13 heteroatoms. The van der Waals surface area contributed by atoms with E-state index in [9.17, 15) is 29.3 Å². The number of rotatable bonds is 8. The molecule has 200 valence electrons. The Morgan fingerprint density at radius 2 is 1.38 bits per heavy atom. The van der Waals surface area contributed by atoms with Gasteiger partial charge in [-0.3, -0.25) is 24.5 Å². The number of carbonyl (C=O) groups excluding carboxylic acids is 4. The van der Waals surface area contributed by atoms with Gasteiger partial charge in [-0.1, -0.05) is 0 Å². The molecular formula is C26H23N5O8. The van der Waals surface area contributed by atoms with Gasteiger partial charge >= 0.3 is 17.8 Å². The zero-order chi connectivity index (χ0) is 28.5. The third kappa shape index (κ3) is 7.69. The van der Waals surface area contributed by atoms with Crippen LogP contribution >= 0.6 is 0 Å². The molecule has 0 aliphatic heterocycles. The molecule has 0 aliphatic rings. The van der Waals surface area contributed by atoms with Crippen molar-refractivity contribution in [3.8, 4) is 11.5 Å². The lowest BCUT2D eigenvalue weighted by molar-refractivity contribution is -0.384. The van der Waals surface area contributed by atoms with Gasteiger partial charge in [0.1, 0.15) is 0 Å². The number of amides is 3. The van der Waals surface area contributed by atoms with Crippen molar-refractivity contribution < 1.29 is 33.6 Å². The molecule has 0 saturated heterocycles. The van der Waals surface area contributed by atoms with Crippen LogP contribution in [-0.2, 0) is 14.4 Å². The summed E-state index contributed by atoms with van der Waals surface area (Å²) in [5.74, 6) is -2.68. The number of hydrazone groups is 1. The first-order valence-electron chi connectivity index (χ1n) is 11.3. The van der Waals surface area contributed by atoms with Crippen molar-refractivity contribution in [2.45, 2.75) is 13.8 Å². The third-order valence-corrected chi connectivity index (χ3v) is 5.09. The van der Waals surface area contributed by atoms with Crippen LogP contribution in [0, 0.1) is 10.1 Å². The van der Waals surface area contributed by atoms with E-state index in [4.69, 9.17) is 9.47 Å². The number of hydrogen-bond acceptors (Lipinski definition) is 9. The first-order chi connectivity index (χ1) is 18.6. The predicted molar refractivity (Wildman–Crippen MR) is 141 cm³/mol. The summed E-state index contributed by atoms with van der Waals surface area (Å²) in [6.45, 7) is 2.95. The van der Waals surface area contributed by atoms with Crippen molar-refractivity contribution in [1.29, 1.82) is 0 Å². The lowest BCUT2D eigenvalue weighted by Crippen LogP contribution is -2.32. The second-order valence-corrected chi connectivity index (χ2v) is 7.91. The van der Waals surface area contributed by atoms with E-state index >= 15 is 0 Å². The molecule has 0 bridgehead atoms. The molecule has 0 aliphatic carbocycles. The zero-order valence-corrected chi connectivity index (χ0v) is 21.0. The summed E-state index contributed by atoms with van der Waals surface area (Å²) in [4.78, 5) is 58.1. The monoisotopic (exact) mass is 533 g/mol. The Bertz CT molecular complexity index is 1450. The average molecular weight is 533 g/mol. The van der Waals surface area contributed by atoms with Gasteiger partial charge in [0, 0.05) is 36.0 Å². The number of esters is 1. The Hall–Kier alpha value is -5.59. The fraction of sp³-hybridized carbons (Fsp3) is 0.115. The van der Waals surface area contributed by atoms with Crippen LogP contribution in [0.3, 0.4) is 0 Å². The molecule has 3 N–H and O–H groups in total. The van der Waals surface area contributed by atoms with Gasteiger partial charge in [-0.2, -0.15) is 5.10 Å². The highest BCUT2D eigenvalue weighted by Crippen LogP contribution is 2.29. The molecule has 0 heterocycles. The first-order valence-corrected chi connectivity index (χ1v) is 11.3. The molecule has 3 aromatic rings. The second kappa shape index (κ2) is 12.6. The number of nitrogens with zero attached hydrogens (tertiary/aromatic N) is 2. The van der Waals surface area contributed by atoms with E-state index < -0.39 is 22.7 Å². The van der Waals surface area contributed by atoms with Crippen molar-refractivity contribution >= 4 is 46.5 Å².